The van der Waals surface area contributed by atoms with Crippen molar-refractivity contribution in [3.63, 3.8) is 0 Å². The summed E-state index contributed by atoms with van der Waals surface area (Å²) in [6.07, 6.45) is 6.78. The molecule has 0 amide bonds. The van der Waals surface area contributed by atoms with Crippen LogP contribution in [0.5, 0.6) is 0 Å². The Morgan fingerprint density at radius 3 is 2.82 bits per heavy atom. The van der Waals surface area contributed by atoms with Crippen LogP contribution in [-0.2, 0) is 4.74 Å². The Hall–Kier alpha value is -0.300. The van der Waals surface area contributed by atoms with Crippen molar-refractivity contribution >= 4 is 0 Å². The molecule has 0 aromatic heterocycles. The molecule has 1 nitrogen and oxygen atoms in total. The Morgan fingerprint density at radius 2 is 2.27 bits per heavy atom. The Morgan fingerprint density at radius 1 is 1.55 bits per heavy atom. The normalized spacial score (nSPS) is 25.5. The van der Waals surface area contributed by atoms with Gasteiger partial charge in [0.15, 0.2) is 0 Å². The average molecular weight is 154 g/mol. The summed E-state index contributed by atoms with van der Waals surface area (Å²) in [7, 11) is 0. The van der Waals surface area contributed by atoms with E-state index in [0.29, 0.717) is 12.2 Å². The first-order valence-corrected chi connectivity index (χ1v) is 4.51. The van der Waals surface area contributed by atoms with Gasteiger partial charge in [0, 0.05) is 0 Å². The summed E-state index contributed by atoms with van der Waals surface area (Å²) in [5, 5.41) is 0. The van der Waals surface area contributed by atoms with Gasteiger partial charge in [-0.15, -0.1) is 0 Å². The molecule has 0 saturated heterocycles. The molecule has 64 valence electrons. The van der Waals surface area contributed by atoms with E-state index in [1.807, 2.05) is 0 Å². The summed E-state index contributed by atoms with van der Waals surface area (Å²) in [6.45, 7) is 6.38. The molecule has 1 atom stereocenters. The Kier molecular flexibility index (Phi) is 3.13. The minimum absolute atomic E-state index is 0.363. The summed E-state index contributed by atoms with van der Waals surface area (Å²) in [5.74, 6) is 0. The van der Waals surface area contributed by atoms with Crippen LogP contribution in [0.2, 0.25) is 0 Å². The quantitative estimate of drug-likeness (QED) is 0.556. The molecule has 0 radical (unpaired) electrons. The zero-order chi connectivity index (χ0) is 8.27. The molecule has 0 N–H and O–H groups in total. The zero-order valence-corrected chi connectivity index (χ0v) is 7.76. The first-order valence-electron chi connectivity index (χ1n) is 4.51. The van der Waals surface area contributed by atoms with Crippen molar-refractivity contribution in [1.29, 1.82) is 0 Å². The summed E-state index contributed by atoms with van der Waals surface area (Å²) in [4.78, 5) is 0. The molecule has 0 aromatic rings. The van der Waals surface area contributed by atoms with E-state index in [1.165, 1.54) is 24.8 Å². The van der Waals surface area contributed by atoms with Crippen molar-refractivity contribution in [3.8, 4) is 0 Å². The topological polar surface area (TPSA) is 9.23 Å². The lowest BCUT2D eigenvalue weighted by molar-refractivity contribution is 0.0271. The molecule has 0 aliphatic heterocycles. The molecule has 1 rings (SSSR count). The fourth-order valence-corrected chi connectivity index (χ4v) is 1.52. The van der Waals surface area contributed by atoms with Crippen LogP contribution in [0.3, 0.4) is 0 Å². The van der Waals surface area contributed by atoms with E-state index in [0.717, 1.165) is 0 Å². The number of ether oxygens (including phenoxy) is 1. The summed E-state index contributed by atoms with van der Waals surface area (Å²) in [5.41, 5.74) is 1.49. The second-order valence-corrected chi connectivity index (χ2v) is 3.63. The number of hydrogen-bond donors (Lipinski definition) is 0. The van der Waals surface area contributed by atoms with Crippen molar-refractivity contribution in [1.82, 2.24) is 0 Å². The maximum atomic E-state index is 5.69. The molecule has 0 heterocycles. The Bertz CT molecular complexity index is 147. The predicted octanol–water partition coefficient (Wildman–Crippen LogP) is 2.91. The molecular formula is C10H18O. The first kappa shape index (κ1) is 8.79. The largest absolute Gasteiger partial charge is 0.371 e. The number of hydrogen-bond acceptors (Lipinski definition) is 1. The lowest BCUT2D eigenvalue weighted by atomic mass is 9.99. The molecule has 1 heteroatoms. The van der Waals surface area contributed by atoms with E-state index in [2.05, 4.69) is 26.8 Å². The lowest BCUT2D eigenvalue weighted by Gasteiger charge is -2.21. The third-order valence-corrected chi connectivity index (χ3v) is 1.98. The molecule has 11 heavy (non-hydrogen) atoms. The van der Waals surface area contributed by atoms with Crippen LogP contribution in [0.4, 0.5) is 0 Å². The second kappa shape index (κ2) is 3.91. The van der Waals surface area contributed by atoms with Crippen LogP contribution in [-0.4, -0.2) is 12.2 Å². The van der Waals surface area contributed by atoms with E-state index < -0.39 is 0 Å². The molecule has 0 saturated carbocycles. The molecule has 0 aromatic carbocycles. The van der Waals surface area contributed by atoms with Crippen LogP contribution in [0.25, 0.3) is 0 Å². The van der Waals surface area contributed by atoms with Gasteiger partial charge in [-0.25, -0.2) is 0 Å². The van der Waals surface area contributed by atoms with Gasteiger partial charge in [0.25, 0.3) is 0 Å². The molecule has 0 fully saturated rings. The third-order valence-electron chi connectivity index (χ3n) is 1.98. The monoisotopic (exact) mass is 154 g/mol. The lowest BCUT2D eigenvalue weighted by Crippen LogP contribution is -2.18. The summed E-state index contributed by atoms with van der Waals surface area (Å²) < 4.78 is 5.69. The SMILES string of the molecule is CC1=CC(OC(C)C)CCC1. The summed E-state index contributed by atoms with van der Waals surface area (Å²) >= 11 is 0. The van der Waals surface area contributed by atoms with Crippen LogP contribution in [0.15, 0.2) is 11.6 Å². The van der Waals surface area contributed by atoms with E-state index in [9.17, 15) is 0 Å². The van der Waals surface area contributed by atoms with E-state index in [-0.39, 0.29) is 0 Å². The molecule has 0 spiro atoms. The van der Waals surface area contributed by atoms with Gasteiger partial charge in [-0.05, 0) is 40.0 Å². The van der Waals surface area contributed by atoms with Crippen molar-refractivity contribution in [2.75, 3.05) is 0 Å². The molecule has 1 aliphatic carbocycles. The maximum Gasteiger partial charge on any atom is 0.0761 e. The van der Waals surface area contributed by atoms with Gasteiger partial charge in [-0.2, -0.15) is 0 Å². The standard InChI is InChI=1S/C10H18O/c1-8(2)11-10-6-4-5-9(3)7-10/h7-8,10H,4-6H2,1-3H3. The molecule has 1 unspecified atom stereocenters. The van der Waals surface area contributed by atoms with Gasteiger partial charge >= 0.3 is 0 Å². The molecular weight excluding hydrogens is 136 g/mol. The Labute approximate surface area is 69.4 Å². The molecule has 1 aliphatic rings. The Balaban J connectivity index is 2.39. The van der Waals surface area contributed by atoms with Crippen LogP contribution in [0.1, 0.15) is 40.0 Å². The minimum Gasteiger partial charge on any atom is -0.371 e. The van der Waals surface area contributed by atoms with Crippen molar-refractivity contribution < 1.29 is 4.74 Å². The fraction of sp³-hybridized carbons (Fsp3) is 0.800. The highest BCUT2D eigenvalue weighted by Crippen LogP contribution is 2.20. The van der Waals surface area contributed by atoms with Gasteiger partial charge in [0.2, 0.25) is 0 Å². The van der Waals surface area contributed by atoms with Crippen LogP contribution < -0.4 is 0 Å². The number of rotatable bonds is 2. The zero-order valence-electron chi connectivity index (χ0n) is 7.76. The highest BCUT2D eigenvalue weighted by Gasteiger charge is 2.12. The first-order chi connectivity index (χ1) is 5.18. The highest BCUT2D eigenvalue weighted by atomic mass is 16.5. The van der Waals surface area contributed by atoms with E-state index >= 15 is 0 Å². The van der Waals surface area contributed by atoms with Crippen molar-refractivity contribution in [3.05, 3.63) is 11.6 Å². The van der Waals surface area contributed by atoms with E-state index in [4.69, 9.17) is 4.74 Å². The van der Waals surface area contributed by atoms with E-state index in [1.54, 1.807) is 0 Å². The number of allylic oxidation sites excluding steroid dienone is 1. The minimum atomic E-state index is 0.363. The highest BCUT2D eigenvalue weighted by molar-refractivity contribution is 5.05. The third kappa shape index (κ3) is 3.06. The maximum absolute atomic E-state index is 5.69. The van der Waals surface area contributed by atoms with Crippen LogP contribution in [0, 0.1) is 0 Å². The van der Waals surface area contributed by atoms with Gasteiger partial charge < -0.3 is 4.74 Å². The van der Waals surface area contributed by atoms with Gasteiger partial charge in [0.1, 0.15) is 0 Å². The van der Waals surface area contributed by atoms with Crippen molar-refractivity contribution in [2.45, 2.75) is 52.2 Å². The summed E-state index contributed by atoms with van der Waals surface area (Å²) in [6, 6.07) is 0. The molecule has 0 bridgehead atoms. The second-order valence-electron chi connectivity index (χ2n) is 3.63. The predicted molar refractivity (Wildman–Crippen MR) is 47.6 cm³/mol. The average Bonchev–Trinajstić information content (AvgIpc) is 1.85. The smallest absolute Gasteiger partial charge is 0.0761 e. The van der Waals surface area contributed by atoms with Gasteiger partial charge in [-0.3, -0.25) is 0 Å². The fourth-order valence-electron chi connectivity index (χ4n) is 1.52. The van der Waals surface area contributed by atoms with Gasteiger partial charge in [-0.1, -0.05) is 11.6 Å². The van der Waals surface area contributed by atoms with Crippen molar-refractivity contribution in [2.24, 2.45) is 0 Å². The van der Waals surface area contributed by atoms with Gasteiger partial charge in [0.05, 0.1) is 12.2 Å². The van der Waals surface area contributed by atoms with Crippen LogP contribution >= 0.6 is 0 Å².